The van der Waals surface area contributed by atoms with Gasteiger partial charge in [0.15, 0.2) is 6.17 Å². The number of nitrogens with one attached hydrogen (secondary N) is 1. The maximum Gasteiger partial charge on any atom is 0.344 e. The lowest BCUT2D eigenvalue weighted by atomic mass is 10.5. The van der Waals surface area contributed by atoms with Gasteiger partial charge in [0.2, 0.25) is 0 Å². The lowest BCUT2D eigenvalue weighted by molar-refractivity contribution is -0.142. The van der Waals surface area contributed by atoms with Crippen LogP contribution in [0.15, 0.2) is 5.10 Å². The Labute approximate surface area is 52.9 Å². The topological polar surface area (TPSA) is 76.7 Å². The predicted molar refractivity (Wildman–Crippen MR) is 32.7 cm³/mol. The summed E-state index contributed by atoms with van der Waals surface area (Å²) in [6, 6.07) is 0. The molecule has 0 aliphatic rings. The lowest BCUT2D eigenvalue weighted by Gasteiger charge is -2.06. The number of rotatable bonds is 3. The molecule has 52 valence electrons. The summed E-state index contributed by atoms with van der Waals surface area (Å²) in [5, 5.41) is 3.18. The number of hydrogen-bond acceptors (Lipinski definition) is 5. The Morgan fingerprint density at radius 2 is 2.56 bits per heavy atom. The van der Waals surface area contributed by atoms with E-state index < -0.39 is 12.1 Å². The smallest absolute Gasteiger partial charge is 0.344 e. The van der Waals surface area contributed by atoms with Crippen molar-refractivity contribution < 1.29 is 9.53 Å². The van der Waals surface area contributed by atoms with E-state index >= 15 is 0 Å². The summed E-state index contributed by atoms with van der Waals surface area (Å²) in [6.07, 6.45) is -0.910. The van der Waals surface area contributed by atoms with Crippen LogP contribution in [0.4, 0.5) is 0 Å². The largest absolute Gasteiger partial charge is 0.466 e. The minimum atomic E-state index is -0.910. The van der Waals surface area contributed by atoms with Crippen LogP contribution >= 0.6 is 0 Å². The van der Waals surface area contributed by atoms with E-state index in [4.69, 9.17) is 5.73 Å². The number of ether oxygens (including phenoxy) is 1. The Bertz CT molecular complexity index is 114. The van der Waals surface area contributed by atoms with E-state index in [1.165, 1.54) is 7.11 Å². The van der Waals surface area contributed by atoms with Gasteiger partial charge >= 0.3 is 5.97 Å². The van der Waals surface area contributed by atoms with Gasteiger partial charge in [-0.1, -0.05) is 0 Å². The van der Waals surface area contributed by atoms with Crippen molar-refractivity contribution in [2.45, 2.75) is 6.17 Å². The van der Waals surface area contributed by atoms with Gasteiger partial charge in [-0.3, -0.25) is 5.43 Å². The lowest BCUT2D eigenvalue weighted by Crippen LogP contribution is -2.42. The van der Waals surface area contributed by atoms with E-state index in [0.29, 0.717) is 0 Å². The molecule has 0 aliphatic heterocycles. The Balaban J connectivity index is 3.58. The number of esters is 1. The Hall–Kier alpha value is -1.10. The van der Waals surface area contributed by atoms with Crippen molar-refractivity contribution in [2.24, 2.45) is 10.8 Å². The molecule has 0 spiro atoms. The fourth-order valence-corrected chi connectivity index (χ4v) is 0.278. The van der Waals surface area contributed by atoms with Gasteiger partial charge in [-0.05, 0) is 0 Å². The molecule has 0 fully saturated rings. The van der Waals surface area contributed by atoms with Crippen molar-refractivity contribution in [2.75, 3.05) is 7.11 Å². The second-order valence-corrected chi connectivity index (χ2v) is 1.29. The van der Waals surface area contributed by atoms with Crippen LogP contribution in [0.5, 0.6) is 0 Å². The highest BCUT2D eigenvalue weighted by Crippen LogP contribution is 1.75. The number of nitrogens with zero attached hydrogens (tertiary/aromatic N) is 1. The maximum absolute atomic E-state index is 10.4. The number of carbonyl (C=O) groups excluding carboxylic acids is 1. The number of carbonyl (C=O) groups is 1. The van der Waals surface area contributed by atoms with Crippen molar-refractivity contribution in [3.8, 4) is 0 Å². The third-order valence-corrected chi connectivity index (χ3v) is 0.685. The van der Waals surface area contributed by atoms with Crippen molar-refractivity contribution in [1.29, 1.82) is 0 Å². The zero-order chi connectivity index (χ0) is 7.28. The molecule has 0 rings (SSSR count). The molecule has 0 heterocycles. The first-order valence-electron chi connectivity index (χ1n) is 2.27. The third kappa shape index (κ3) is 2.65. The molecule has 9 heavy (non-hydrogen) atoms. The predicted octanol–water partition coefficient (Wildman–Crippen LogP) is -1.35. The molecular formula is C4H9N3O2. The van der Waals surface area contributed by atoms with Gasteiger partial charge in [0.1, 0.15) is 0 Å². The molecule has 0 aromatic carbocycles. The van der Waals surface area contributed by atoms with Crippen molar-refractivity contribution in [1.82, 2.24) is 5.43 Å². The van der Waals surface area contributed by atoms with Crippen molar-refractivity contribution >= 4 is 12.7 Å². The van der Waals surface area contributed by atoms with E-state index in [2.05, 4.69) is 22.0 Å². The van der Waals surface area contributed by atoms with Crippen LogP contribution in [0.2, 0.25) is 0 Å². The average molecular weight is 131 g/mol. The fraction of sp³-hybridized carbons (Fsp3) is 0.500. The van der Waals surface area contributed by atoms with E-state index in [1.54, 1.807) is 0 Å². The SMILES string of the molecule is C=NNC(N)C(=O)OC. The summed E-state index contributed by atoms with van der Waals surface area (Å²) in [6.45, 7) is 3.07. The second-order valence-electron chi connectivity index (χ2n) is 1.29. The van der Waals surface area contributed by atoms with Crippen LogP contribution in [-0.4, -0.2) is 26.0 Å². The molecule has 1 atom stereocenters. The normalized spacial score (nSPS) is 11.8. The summed E-state index contributed by atoms with van der Waals surface area (Å²) in [5.41, 5.74) is 7.33. The van der Waals surface area contributed by atoms with Crippen LogP contribution in [0.3, 0.4) is 0 Å². The van der Waals surface area contributed by atoms with Gasteiger partial charge < -0.3 is 10.5 Å². The fourth-order valence-electron chi connectivity index (χ4n) is 0.278. The summed E-state index contributed by atoms with van der Waals surface area (Å²) in [7, 11) is 1.24. The average Bonchev–Trinajstić information content (AvgIpc) is 1.87. The highest BCUT2D eigenvalue weighted by atomic mass is 16.5. The standard InChI is InChI=1S/C4H9N3O2/c1-6-7-3(5)4(8)9-2/h3,7H,1,5H2,2H3. The van der Waals surface area contributed by atoms with E-state index in [-0.39, 0.29) is 0 Å². The molecular weight excluding hydrogens is 122 g/mol. The second kappa shape index (κ2) is 3.85. The summed E-state index contributed by atoms with van der Waals surface area (Å²) in [5.74, 6) is -0.567. The number of hydrazone groups is 1. The zero-order valence-corrected chi connectivity index (χ0v) is 5.13. The first-order valence-corrected chi connectivity index (χ1v) is 2.27. The quantitative estimate of drug-likeness (QED) is 0.215. The third-order valence-electron chi connectivity index (χ3n) is 0.685. The van der Waals surface area contributed by atoms with Crippen LogP contribution in [0.1, 0.15) is 0 Å². The maximum atomic E-state index is 10.4. The number of methoxy groups -OCH3 is 1. The molecule has 5 nitrogen and oxygen atoms in total. The van der Waals surface area contributed by atoms with Gasteiger partial charge in [0.25, 0.3) is 0 Å². The molecule has 5 heteroatoms. The summed E-state index contributed by atoms with van der Waals surface area (Å²) in [4.78, 5) is 10.4. The highest BCUT2D eigenvalue weighted by Gasteiger charge is 2.10. The number of hydrogen-bond donors (Lipinski definition) is 2. The Kier molecular flexibility index (Phi) is 3.38. The number of nitrogens with two attached hydrogens (primary N) is 1. The summed E-state index contributed by atoms with van der Waals surface area (Å²) < 4.78 is 4.25. The van der Waals surface area contributed by atoms with E-state index in [0.717, 1.165) is 0 Å². The van der Waals surface area contributed by atoms with Gasteiger partial charge in [0, 0.05) is 6.72 Å². The van der Waals surface area contributed by atoms with Gasteiger partial charge in [-0.25, -0.2) is 4.79 Å². The van der Waals surface area contributed by atoms with E-state index in [9.17, 15) is 4.79 Å². The molecule has 0 aromatic rings. The first-order chi connectivity index (χ1) is 4.22. The van der Waals surface area contributed by atoms with Crippen molar-refractivity contribution in [3.05, 3.63) is 0 Å². The zero-order valence-electron chi connectivity index (χ0n) is 5.13. The monoisotopic (exact) mass is 131 g/mol. The minimum absolute atomic E-state index is 0.567. The molecule has 0 amide bonds. The Morgan fingerprint density at radius 3 is 2.89 bits per heavy atom. The summed E-state index contributed by atoms with van der Waals surface area (Å²) >= 11 is 0. The van der Waals surface area contributed by atoms with Gasteiger partial charge in [0.05, 0.1) is 7.11 Å². The molecule has 3 N–H and O–H groups in total. The van der Waals surface area contributed by atoms with Crippen LogP contribution < -0.4 is 11.2 Å². The molecule has 0 aliphatic carbocycles. The molecule has 1 unspecified atom stereocenters. The van der Waals surface area contributed by atoms with Crippen LogP contribution in [0.25, 0.3) is 0 Å². The molecule has 0 radical (unpaired) electrons. The van der Waals surface area contributed by atoms with Gasteiger partial charge in [-0.15, -0.1) is 0 Å². The first kappa shape index (κ1) is 7.90. The van der Waals surface area contributed by atoms with Crippen LogP contribution in [0, 0.1) is 0 Å². The van der Waals surface area contributed by atoms with Crippen LogP contribution in [-0.2, 0) is 9.53 Å². The molecule has 0 saturated carbocycles. The molecule has 0 saturated heterocycles. The minimum Gasteiger partial charge on any atom is -0.466 e. The van der Waals surface area contributed by atoms with Crippen molar-refractivity contribution in [3.63, 3.8) is 0 Å². The molecule has 0 bridgehead atoms. The van der Waals surface area contributed by atoms with E-state index in [1.807, 2.05) is 0 Å². The highest BCUT2D eigenvalue weighted by molar-refractivity contribution is 5.74. The van der Waals surface area contributed by atoms with Gasteiger partial charge in [-0.2, -0.15) is 5.10 Å². The Morgan fingerprint density at radius 1 is 2.00 bits per heavy atom. The molecule has 0 aromatic heterocycles.